The summed E-state index contributed by atoms with van der Waals surface area (Å²) in [5, 5.41) is 5.52. The van der Waals surface area contributed by atoms with Crippen molar-refractivity contribution in [1.29, 1.82) is 0 Å². The highest BCUT2D eigenvalue weighted by molar-refractivity contribution is 6.00. The molecule has 0 aliphatic rings. The number of ether oxygens (including phenoxy) is 2. The minimum absolute atomic E-state index is 0.0875. The lowest BCUT2D eigenvalue weighted by atomic mass is 10.1. The molecule has 1 rings (SSSR count). The Morgan fingerprint density at radius 1 is 1.17 bits per heavy atom. The van der Waals surface area contributed by atoms with Gasteiger partial charge in [-0.15, -0.1) is 0 Å². The lowest BCUT2D eigenvalue weighted by Gasteiger charge is -2.14. The van der Waals surface area contributed by atoms with Crippen LogP contribution in [-0.2, 0) is 19.1 Å². The average molecular weight is 320 g/mol. The molecule has 0 unspecified atom stereocenters. The van der Waals surface area contributed by atoms with Gasteiger partial charge < -0.3 is 20.1 Å². The van der Waals surface area contributed by atoms with Gasteiger partial charge in [0.2, 0.25) is 0 Å². The molecular formula is C16H20N2O5. The zero-order valence-electron chi connectivity index (χ0n) is 13.6. The van der Waals surface area contributed by atoms with Gasteiger partial charge in [0.05, 0.1) is 20.3 Å². The SMILES string of the molecule is CCNC(=O)c1cccc(N/C(=C/C(=O)OC)C(=O)OC)c1C. The van der Waals surface area contributed by atoms with Gasteiger partial charge in [0.15, 0.2) is 0 Å². The number of hydrogen-bond acceptors (Lipinski definition) is 6. The first-order valence-electron chi connectivity index (χ1n) is 6.97. The average Bonchev–Trinajstić information content (AvgIpc) is 2.55. The molecule has 7 heteroatoms. The Morgan fingerprint density at radius 3 is 2.43 bits per heavy atom. The van der Waals surface area contributed by atoms with Crippen LogP contribution in [0.2, 0.25) is 0 Å². The Kier molecular flexibility index (Phi) is 6.79. The van der Waals surface area contributed by atoms with Gasteiger partial charge in [-0.05, 0) is 31.5 Å². The number of nitrogens with one attached hydrogen (secondary N) is 2. The second kappa shape index (κ2) is 8.57. The van der Waals surface area contributed by atoms with E-state index in [4.69, 9.17) is 0 Å². The molecule has 0 bridgehead atoms. The molecule has 0 aromatic heterocycles. The van der Waals surface area contributed by atoms with Crippen LogP contribution >= 0.6 is 0 Å². The number of hydrogen-bond donors (Lipinski definition) is 2. The molecule has 7 nitrogen and oxygen atoms in total. The van der Waals surface area contributed by atoms with Crippen molar-refractivity contribution in [2.24, 2.45) is 0 Å². The smallest absolute Gasteiger partial charge is 0.354 e. The Bertz CT molecular complexity index is 637. The van der Waals surface area contributed by atoms with Gasteiger partial charge in [-0.25, -0.2) is 9.59 Å². The van der Waals surface area contributed by atoms with Crippen molar-refractivity contribution in [1.82, 2.24) is 5.32 Å². The summed E-state index contributed by atoms with van der Waals surface area (Å²) in [6.45, 7) is 4.06. The topological polar surface area (TPSA) is 93.7 Å². The summed E-state index contributed by atoms with van der Waals surface area (Å²) in [6.07, 6.45) is 0.990. The molecule has 0 saturated carbocycles. The summed E-state index contributed by atoms with van der Waals surface area (Å²) in [5.74, 6) is -1.64. The fraction of sp³-hybridized carbons (Fsp3) is 0.312. The number of methoxy groups -OCH3 is 2. The van der Waals surface area contributed by atoms with Gasteiger partial charge in [-0.3, -0.25) is 4.79 Å². The number of esters is 2. The van der Waals surface area contributed by atoms with Crippen LogP contribution in [0.5, 0.6) is 0 Å². The van der Waals surface area contributed by atoms with Crippen molar-refractivity contribution in [2.75, 3.05) is 26.1 Å². The number of anilines is 1. The Labute approximate surface area is 134 Å². The van der Waals surface area contributed by atoms with E-state index in [1.165, 1.54) is 14.2 Å². The fourth-order valence-corrected chi connectivity index (χ4v) is 1.85. The first-order valence-corrected chi connectivity index (χ1v) is 6.97. The summed E-state index contributed by atoms with van der Waals surface area (Å²) < 4.78 is 9.14. The van der Waals surface area contributed by atoms with Crippen molar-refractivity contribution < 1.29 is 23.9 Å². The predicted molar refractivity (Wildman–Crippen MR) is 84.9 cm³/mol. The van der Waals surface area contributed by atoms with Crippen LogP contribution in [0.3, 0.4) is 0 Å². The lowest BCUT2D eigenvalue weighted by molar-refractivity contribution is -0.138. The van der Waals surface area contributed by atoms with Crippen LogP contribution < -0.4 is 10.6 Å². The van der Waals surface area contributed by atoms with Crippen LogP contribution in [-0.4, -0.2) is 38.6 Å². The minimum Gasteiger partial charge on any atom is -0.466 e. The molecule has 0 atom stereocenters. The van der Waals surface area contributed by atoms with Crippen LogP contribution in [0.15, 0.2) is 30.0 Å². The number of carbonyl (C=O) groups excluding carboxylic acids is 3. The summed E-state index contributed by atoms with van der Waals surface area (Å²) in [4.78, 5) is 35.1. The van der Waals surface area contributed by atoms with Gasteiger partial charge in [0.1, 0.15) is 5.70 Å². The molecule has 0 spiro atoms. The molecular weight excluding hydrogens is 300 g/mol. The van der Waals surface area contributed by atoms with Gasteiger partial charge in [-0.2, -0.15) is 0 Å². The van der Waals surface area contributed by atoms with E-state index in [1.807, 2.05) is 6.92 Å². The molecule has 0 aliphatic heterocycles. The number of benzene rings is 1. The second-order valence-electron chi connectivity index (χ2n) is 4.54. The number of carbonyl (C=O) groups is 3. The zero-order valence-corrected chi connectivity index (χ0v) is 13.6. The summed E-state index contributed by atoms with van der Waals surface area (Å²) in [7, 11) is 2.40. The third-order valence-corrected chi connectivity index (χ3v) is 3.05. The predicted octanol–water partition coefficient (Wildman–Crippen LogP) is 1.39. The molecule has 0 aliphatic carbocycles. The molecule has 124 valence electrons. The monoisotopic (exact) mass is 320 g/mol. The largest absolute Gasteiger partial charge is 0.466 e. The van der Waals surface area contributed by atoms with E-state index >= 15 is 0 Å². The molecule has 23 heavy (non-hydrogen) atoms. The third kappa shape index (κ3) is 4.84. The van der Waals surface area contributed by atoms with Crippen LogP contribution in [0.25, 0.3) is 0 Å². The van der Waals surface area contributed by atoms with Crippen LogP contribution in [0.4, 0.5) is 5.69 Å². The van der Waals surface area contributed by atoms with Crippen molar-refractivity contribution in [3.05, 3.63) is 41.1 Å². The molecule has 0 fully saturated rings. The first kappa shape index (κ1) is 18.2. The third-order valence-electron chi connectivity index (χ3n) is 3.05. The Hall–Kier alpha value is -2.83. The second-order valence-corrected chi connectivity index (χ2v) is 4.54. The zero-order chi connectivity index (χ0) is 17.4. The van der Waals surface area contributed by atoms with E-state index in [0.717, 1.165) is 6.08 Å². The fourth-order valence-electron chi connectivity index (χ4n) is 1.85. The highest BCUT2D eigenvalue weighted by atomic mass is 16.5. The summed E-state index contributed by atoms with van der Waals surface area (Å²) >= 11 is 0. The summed E-state index contributed by atoms with van der Waals surface area (Å²) in [6, 6.07) is 5.03. The molecule has 1 aromatic carbocycles. The molecule has 1 amide bonds. The van der Waals surface area contributed by atoms with Crippen LogP contribution in [0.1, 0.15) is 22.8 Å². The highest BCUT2D eigenvalue weighted by Crippen LogP contribution is 2.21. The Morgan fingerprint density at radius 2 is 1.87 bits per heavy atom. The van der Waals surface area contributed by atoms with Crippen molar-refractivity contribution >= 4 is 23.5 Å². The molecule has 0 heterocycles. The molecule has 1 aromatic rings. The van der Waals surface area contributed by atoms with Gasteiger partial charge in [0, 0.05) is 17.8 Å². The minimum atomic E-state index is -0.724. The molecule has 2 N–H and O–H groups in total. The highest BCUT2D eigenvalue weighted by Gasteiger charge is 2.16. The van der Waals surface area contributed by atoms with Gasteiger partial charge in [-0.1, -0.05) is 6.07 Å². The van der Waals surface area contributed by atoms with Crippen molar-refractivity contribution in [3.63, 3.8) is 0 Å². The van der Waals surface area contributed by atoms with Crippen molar-refractivity contribution in [3.8, 4) is 0 Å². The number of rotatable bonds is 6. The lowest BCUT2D eigenvalue weighted by Crippen LogP contribution is -2.24. The van der Waals surface area contributed by atoms with E-state index < -0.39 is 11.9 Å². The molecule has 0 saturated heterocycles. The van der Waals surface area contributed by atoms with E-state index in [0.29, 0.717) is 23.4 Å². The van der Waals surface area contributed by atoms with E-state index in [2.05, 4.69) is 20.1 Å². The quantitative estimate of drug-likeness (QED) is 0.607. The van der Waals surface area contributed by atoms with Crippen LogP contribution in [0, 0.1) is 6.92 Å². The molecule has 0 radical (unpaired) electrons. The summed E-state index contributed by atoms with van der Waals surface area (Å²) in [5.41, 5.74) is 1.53. The Balaban J connectivity index is 3.17. The maximum Gasteiger partial charge on any atom is 0.354 e. The van der Waals surface area contributed by atoms with E-state index in [9.17, 15) is 14.4 Å². The number of amides is 1. The standard InChI is InChI=1S/C16H20N2O5/c1-5-17-15(20)11-7-6-8-12(10(11)2)18-13(16(21)23-4)9-14(19)22-3/h6-9,18H,5H2,1-4H3,(H,17,20)/b13-9+. The van der Waals surface area contributed by atoms with Crippen molar-refractivity contribution in [2.45, 2.75) is 13.8 Å². The van der Waals surface area contributed by atoms with Gasteiger partial charge >= 0.3 is 11.9 Å². The normalized spacial score (nSPS) is 10.7. The first-order chi connectivity index (χ1) is 10.9. The van der Waals surface area contributed by atoms with E-state index in [1.54, 1.807) is 25.1 Å². The van der Waals surface area contributed by atoms with E-state index in [-0.39, 0.29) is 11.6 Å². The maximum atomic E-state index is 12.0. The maximum absolute atomic E-state index is 12.0. The van der Waals surface area contributed by atoms with Gasteiger partial charge in [0.25, 0.3) is 5.91 Å².